The number of nitrogens with one attached hydrogen (secondary N) is 1. The molecule has 0 aromatic heterocycles. The van der Waals surface area contributed by atoms with Gasteiger partial charge in [-0.25, -0.2) is 0 Å². The van der Waals surface area contributed by atoms with Gasteiger partial charge in [-0.15, -0.1) is 0 Å². The fraction of sp³-hybridized carbons (Fsp3) is 0.588. The van der Waals surface area contributed by atoms with Gasteiger partial charge in [-0.1, -0.05) is 23.7 Å². The predicted octanol–water partition coefficient (Wildman–Crippen LogP) is 0.443. The summed E-state index contributed by atoms with van der Waals surface area (Å²) in [6.45, 7) is 1.85. The van der Waals surface area contributed by atoms with Crippen LogP contribution in [0.1, 0.15) is 12.0 Å². The average molecular weight is 357 g/mol. The van der Waals surface area contributed by atoms with Crippen LogP contribution in [-0.4, -0.2) is 72.6 Å². The third kappa shape index (κ3) is 5.16. The molecule has 0 spiro atoms. The van der Waals surface area contributed by atoms with Gasteiger partial charge in [-0.05, 0) is 24.1 Å². The molecular weight excluding hydrogens is 332 g/mol. The van der Waals surface area contributed by atoms with E-state index < -0.39 is 11.7 Å². The minimum absolute atomic E-state index is 0.0699. The van der Waals surface area contributed by atoms with Crippen LogP contribution in [-0.2, 0) is 16.0 Å². The first kappa shape index (κ1) is 19.1. The maximum atomic E-state index is 12.5. The highest BCUT2D eigenvalue weighted by atomic mass is 35.5. The largest absolute Gasteiger partial charge is 0.390 e. The van der Waals surface area contributed by atoms with E-state index in [4.69, 9.17) is 16.3 Å². The zero-order chi connectivity index (χ0) is 17.6. The van der Waals surface area contributed by atoms with Crippen LogP contribution in [0.2, 0.25) is 5.02 Å². The number of rotatable bonds is 7. The molecule has 1 fully saturated rings. The number of ether oxygens (including phenoxy) is 1. The molecule has 134 valence electrons. The van der Waals surface area contributed by atoms with Gasteiger partial charge in [-0.2, -0.15) is 0 Å². The predicted molar refractivity (Wildman–Crippen MR) is 92.1 cm³/mol. The van der Waals surface area contributed by atoms with Gasteiger partial charge >= 0.3 is 0 Å². The number of aliphatic hydroxyl groups excluding tert-OH is 1. The lowest BCUT2D eigenvalue weighted by Gasteiger charge is -2.43. The Bertz CT molecular complexity index is 540. The first-order valence-electron chi connectivity index (χ1n) is 8.07. The molecule has 24 heavy (non-hydrogen) atoms. The number of aliphatic hydroxyl groups is 2. The highest BCUT2D eigenvalue weighted by molar-refractivity contribution is 6.30. The Balaban J connectivity index is 1.92. The lowest BCUT2D eigenvalue weighted by molar-refractivity contribution is -0.150. The van der Waals surface area contributed by atoms with Crippen LogP contribution in [0.4, 0.5) is 0 Å². The number of carbonyl (C=O) groups excluding carboxylic acids is 1. The number of amides is 1. The molecule has 1 aliphatic heterocycles. The number of hydrogen-bond donors (Lipinski definition) is 3. The third-order valence-electron chi connectivity index (χ3n) is 4.29. The Hall–Kier alpha value is -1.18. The molecule has 1 aromatic carbocycles. The fourth-order valence-electron chi connectivity index (χ4n) is 2.82. The number of piperidine rings is 1. The van der Waals surface area contributed by atoms with E-state index in [0.29, 0.717) is 31.1 Å². The molecule has 0 bridgehead atoms. The lowest BCUT2D eigenvalue weighted by Crippen LogP contribution is -2.62. The molecule has 0 aliphatic carbocycles. The normalized spacial score (nSPS) is 24.2. The van der Waals surface area contributed by atoms with Crippen molar-refractivity contribution in [3.63, 3.8) is 0 Å². The number of carbonyl (C=O) groups is 1. The monoisotopic (exact) mass is 356 g/mol. The summed E-state index contributed by atoms with van der Waals surface area (Å²) in [4.78, 5) is 14.1. The molecular formula is C17H25ClN2O4. The SMILES string of the molecule is COCCNC[C@]1(O)CN(C(=O)Cc2ccc(Cl)cc2)CC[C@H]1O. The summed E-state index contributed by atoms with van der Waals surface area (Å²) < 4.78 is 4.94. The molecule has 1 heterocycles. The Kier molecular flexibility index (Phi) is 7.01. The van der Waals surface area contributed by atoms with Gasteiger partial charge in [0.1, 0.15) is 5.60 Å². The molecule has 1 aliphatic rings. The van der Waals surface area contributed by atoms with Gasteiger partial charge in [0.25, 0.3) is 0 Å². The summed E-state index contributed by atoms with van der Waals surface area (Å²) in [6.07, 6.45) is -0.248. The van der Waals surface area contributed by atoms with Crippen LogP contribution in [0, 0.1) is 0 Å². The summed E-state index contributed by atoms with van der Waals surface area (Å²) in [5.41, 5.74) is -0.473. The van der Waals surface area contributed by atoms with E-state index in [9.17, 15) is 15.0 Å². The number of benzene rings is 1. The summed E-state index contributed by atoms with van der Waals surface area (Å²) in [7, 11) is 1.60. The van der Waals surface area contributed by atoms with Crippen LogP contribution >= 0.6 is 11.6 Å². The van der Waals surface area contributed by atoms with E-state index in [-0.39, 0.29) is 25.4 Å². The van der Waals surface area contributed by atoms with Gasteiger partial charge in [-0.3, -0.25) is 4.79 Å². The Morgan fingerprint density at radius 1 is 1.46 bits per heavy atom. The number of methoxy groups -OCH3 is 1. The Morgan fingerprint density at radius 3 is 2.83 bits per heavy atom. The van der Waals surface area contributed by atoms with E-state index >= 15 is 0 Å². The van der Waals surface area contributed by atoms with Crippen LogP contribution in [0.15, 0.2) is 24.3 Å². The van der Waals surface area contributed by atoms with E-state index in [1.165, 1.54) is 0 Å². The Labute approximate surface area is 147 Å². The van der Waals surface area contributed by atoms with Crippen molar-refractivity contribution < 1.29 is 19.7 Å². The molecule has 0 radical (unpaired) electrons. The smallest absolute Gasteiger partial charge is 0.227 e. The standard InChI is InChI=1S/C17H25ClN2O4/c1-24-9-7-19-11-17(23)12-20(8-6-15(17)21)16(22)10-13-2-4-14(18)5-3-13/h2-5,15,19,21,23H,6-12H2,1H3/t15-,17+/m1/s1. The van der Waals surface area contributed by atoms with Crippen molar-refractivity contribution in [2.24, 2.45) is 0 Å². The molecule has 6 nitrogen and oxygen atoms in total. The maximum Gasteiger partial charge on any atom is 0.227 e. The van der Waals surface area contributed by atoms with Crippen molar-refractivity contribution in [1.29, 1.82) is 0 Å². The Morgan fingerprint density at radius 2 is 2.17 bits per heavy atom. The summed E-state index contributed by atoms with van der Waals surface area (Å²) >= 11 is 5.85. The number of nitrogens with zero attached hydrogens (tertiary/aromatic N) is 1. The third-order valence-corrected chi connectivity index (χ3v) is 4.54. The van der Waals surface area contributed by atoms with Crippen molar-refractivity contribution in [3.8, 4) is 0 Å². The highest BCUT2D eigenvalue weighted by Crippen LogP contribution is 2.22. The van der Waals surface area contributed by atoms with Crippen LogP contribution < -0.4 is 5.32 Å². The van der Waals surface area contributed by atoms with E-state index in [1.807, 2.05) is 12.1 Å². The van der Waals surface area contributed by atoms with Crippen LogP contribution in [0.25, 0.3) is 0 Å². The van der Waals surface area contributed by atoms with Crippen molar-refractivity contribution in [3.05, 3.63) is 34.9 Å². The molecule has 1 aromatic rings. The van der Waals surface area contributed by atoms with E-state index in [2.05, 4.69) is 5.32 Å². The second kappa shape index (κ2) is 8.78. The number of halogens is 1. The molecule has 0 saturated carbocycles. The first-order valence-corrected chi connectivity index (χ1v) is 8.45. The van der Waals surface area contributed by atoms with Crippen molar-refractivity contribution >= 4 is 17.5 Å². The van der Waals surface area contributed by atoms with Crippen molar-refractivity contribution in [2.45, 2.75) is 24.5 Å². The zero-order valence-corrected chi connectivity index (χ0v) is 14.6. The van der Waals surface area contributed by atoms with Gasteiger partial charge in [0, 0.05) is 31.8 Å². The minimum atomic E-state index is -1.35. The average Bonchev–Trinajstić information content (AvgIpc) is 2.56. The molecule has 7 heteroatoms. The molecule has 2 atom stereocenters. The molecule has 1 amide bonds. The zero-order valence-electron chi connectivity index (χ0n) is 13.9. The second-order valence-electron chi connectivity index (χ2n) is 6.20. The topological polar surface area (TPSA) is 82.0 Å². The van der Waals surface area contributed by atoms with E-state index in [1.54, 1.807) is 24.1 Å². The van der Waals surface area contributed by atoms with E-state index in [0.717, 1.165) is 5.56 Å². The van der Waals surface area contributed by atoms with Gasteiger partial charge in [0.2, 0.25) is 5.91 Å². The summed E-state index contributed by atoms with van der Waals surface area (Å²) in [5, 5.41) is 24.5. The van der Waals surface area contributed by atoms with Crippen LogP contribution in [0.3, 0.4) is 0 Å². The second-order valence-corrected chi connectivity index (χ2v) is 6.63. The molecule has 2 rings (SSSR count). The first-order chi connectivity index (χ1) is 11.4. The molecule has 0 unspecified atom stereocenters. The fourth-order valence-corrected chi connectivity index (χ4v) is 2.94. The van der Waals surface area contributed by atoms with Gasteiger partial charge in [0.15, 0.2) is 0 Å². The van der Waals surface area contributed by atoms with Gasteiger partial charge in [0.05, 0.1) is 25.7 Å². The lowest BCUT2D eigenvalue weighted by atomic mass is 9.89. The number of likely N-dealkylation sites (tertiary alicyclic amines) is 1. The summed E-state index contributed by atoms with van der Waals surface area (Å²) in [6, 6.07) is 7.13. The number of hydrogen-bond acceptors (Lipinski definition) is 5. The highest BCUT2D eigenvalue weighted by Gasteiger charge is 2.42. The van der Waals surface area contributed by atoms with Gasteiger partial charge < -0.3 is 25.2 Å². The minimum Gasteiger partial charge on any atom is -0.390 e. The van der Waals surface area contributed by atoms with Crippen molar-refractivity contribution in [1.82, 2.24) is 10.2 Å². The van der Waals surface area contributed by atoms with Crippen LogP contribution in [0.5, 0.6) is 0 Å². The molecule has 3 N–H and O–H groups in total. The molecule has 1 saturated heterocycles. The van der Waals surface area contributed by atoms with Crippen molar-refractivity contribution in [2.75, 3.05) is 39.9 Å². The quantitative estimate of drug-likeness (QED) is 0.618. The maximum absolute atomic E-state index is 12.5. The number of β-amino-alcohol motifs (C(OH)–C–C–N with tert-alkyl or cyclic N) is 1. The summed E-state index contributed by atoms with van der Waals surface area (Å²) in [5.74, 6) is -0.0699.